The molecule has 0 aromatic heterocycles. The molecule has 1 heterocycles. The number of ether oxygens (including phenoxy) is 1. The van der Waals surface area contributed by atoms with Crippen molar-refractivity contribution in [2.45, 2.75) is 17.9 Å². The largest absolute Gasteiger partial charge is 0.495 e. The normalized spacial score (nSPS) is 20.7. The van der Waals surface area contributed by atoms with Crippen molar-refractivity contribution in [3.05, 3.63) is 23.2 Å². The quantitative estimate of drug-likeness (QED) is 0.834. The highest BCUT2D eigenvalue weighted by atomic mass is 35.5. The van der Waals surface area contributed by atoms with E-state index in [0.717, 1.165) is 0 Å². The number of hydrogen-bond acceptors (Lipinski definition) is 4. The molecule has 1 aromatic carbocycles. The Morgan fingerprint density at radius 3 is 2.62 bits per heavy atom. The minimum atomic E-state index is -3.86. The number of carbonyl (C=O) groups is 1. The number of halogens is 1. The maximum absolute atomic E-state index is 12.8. The van der Waals surface area contributed by atoms with Gasteiger partial charge in [0.05, 0.1) is 7.11 Å². The smallest absolute Gasteiger partial charge is 0.247 e. The predicted octanol–water partition coefficient (Wildman–Crippen LogP) is 1.20. The average molecular weight is 333 g/mol. The Morgan fingerprint density at radius 2 is 2.00 bits per heavy atom. The third kappa shape index (κ3) is 2.86. The molecule has 0 radical (unpaired) electrons. The number of hydrogen-bond donors (Lipinski definition) is 0. The van der Waals surface area contributed by atoms with E-state index in [1.807, 2.05) is 0 Å². The van der Waals surface area contributed by atoms with Crippen molar-refractivity contribution >= 4 is 27.5 Å². The van der Waals surface area contributed by atoms with Gasteiger partial charge in [0.2, 0.25) is 15.9 Å². The Kier molecular flexibility index (Phi) is 4.46. The Hall–Kier alpha value is -1.31. The van der Waals surface area contributed by atoms with Crippen LogP contribution in [0, 0.1) is 0 Å². The van der Waals surface area contributed by atoms with Crippen LogP contribution in [0.2, 0.25) is 5.02 Å². The number of rotatable bonds is 3. The maximum atomic E-state index is 12.8. The Bertz CT molecular complexity index is 662. The molecule has 1 fully saturated rings. The van der Waals surface area contributed by atoms with E-state index >= 15 is 0 Å². The minimum Gasteiger partial charge on any atom is -0.495 e. The number of piperazine rings is 1. The standard InChI is InChI=1S/C13H17ClN2O4S/c1-9-13(17)15(2)6-7-16(9)21(18,19)12-8-10(14)4-5-11(12)20-3/h4-5,8-9H,6-7H2,1-3H3. The molecule has 21 heavy (non-hydrogen) atoms. The van der Waals surface area contributed by atoms with E-state index in [0.29, 0.717) is 11.6 Å². The van der Waals surface area contributed by atoms with Gasteiger partial charge in [-0.3, -0.25) is 4.79 Å². The van der Waals surface area contributed by atoms with E-state index in [9.17, 15) is 13.2 Å². The van der Waals surface area contributed by atoms with Gasteiger partial charge in [-0.15, -0.1) is 0 Å². The van der Waals surface area contributed by atoms with E-state index in [1.54, 1.807) is 20.0 Å². The molecular formula is C13H17ClN2O4S. The number of sulfonamides is 1. The summed E-state index contributed by atoms with van der Waals surface area (Å²) in [4.78, 5) is 13.5. The lowest BCUT2D eigenvalue weighted by molar-refractivity contribution is -0.136. The summed E-state index contributed by atoms with van der Waals surface area (Å²) in [6, 6.07) is 3.64. The molecule has 116 valence electrons. The summed E-state index contributed by atoms with van der Waals surface area (Å²) in [6.07, 6.45) is 0. The Morgan fingerprint density at radius 1 is 1.33 bits per heavy atom. The van der Waals surface area contributed by atoms with Gasteiger partial charge in [-0.2, -0.15) is 4.31 Å². The van der Waals surface area contributed by atoms with E-state index in [2.05, 4.69) is 0 Å². The number of nitrogens with zero attached hydrogens (tertiary/aromatic N) is 2. The summed E-state index contributed by atoms with van der Waals surface area (Å²) in [6.45, 7) is 2.17. The van der Waals surface area contributed by atoms with Gasteiger partial charge in [-0.05, 0) is 25.1 Å². The van der Waals surface area contributed by atoms with Crippen molar-refractivity contribution in [2.24, 2.45) is 0 Å². The SMILES string of the molecule is COc1ccc(Cl)cc1S(=O)(=O)N1CCN(C)C(=O)C1C. The van der Waals surface area contributed by atoms with Gasteiger partial charge in [-0.25, -0.2) is 8.42 Å². The lowest BCUT2D eigenvalue weighted by Crippen LogP contribution is -2.56. The molecule has 0 aliphatic carbocycles. The van der Waals surface area contributed by atoms with Gasteiger partial charge in [0.1, 0.15) is 16.7 Å². The lowest BCUT2D eigenvalue weighted by atomic mass is 10.2. The van der Waals surface area contributed by atoms with Gasteiger partial charge < -0.3 is 9.64 Å². The van der Waals surface area contributed by atoms with Crippen LogP contribution in [0.4, 0.5) is 0 Å². The fourth-order valence-corrected chi connectivity index (χ4v) is 4.30. The molecule has 1 aromatic rings. The minimum absolute atomic E-state index is 0.0262. The Balaban J connectivity index is 2.47. The second-order valence-electron chi connectivity index (χ2n) is 4.85. The van der Waals surface area contributed by atoms with Crippen molar-refractivity contribution in [3.63, 3.8) is 0 Å². The van der Waals surface area contributed by atoms with Gasteiger partial charge in [0.25, 0.3) is 0 Å². The van der Waals surface area contributed by atoms with E-state index in [1.165, 1.54) is 28.4 Å². The van der Waals surface area contributed by atoms with Crippen LogP contribution in [-0.4, -0.2) is 56.8 Å². The number of amides is 1. The first-order valence-electron chi connectivity index (χ1n) is 6.39. The first-order chi connectivity index (χ1) is 9.78. The first-order valence-corrected chi connectivity index (χ1v) is 8.21. The fourth-order valence-electron chi connectivity index (χ4n) is 2.30. The zero-order chi connectivity index (χ0) is 15.8. The predicted molar refractivity (Wildman–Crippen MR) is 79.0 cm³/mol. The summed E-state index contributed by atoms with van der Waals surface area (Å²) >= 11 is 5.89. The number of benzene rings is 1. The topological polar surface area (TPSA) is 66.9 Å². The molecule has 1 aliphatic heterocycles. The van der Waals surface area contributed by atoms with Crippen LogP contribution in [0.5, 0.6) is 5.75 Å². The van der Waals surface area contributed by atoms with Crippen LogP contribution in [0.25, 0.3) is 0 Å². The molecule has 1 aliphatic rings. The molecule has 6 nitrogen and oxygen atoms in total. The number of methoxy groups -OCH3 is 1. The second kappa shape index (κ2) is 5.82. The third-order valence-corrected chi connectivity index (χ3v) is 5.76. The highest BCUT2D eigenvalue weighted by Gasteiger charge is 2.39. The average Bonchev–Trinajstić information content (AvgIpc) is 2.44. The van der Waals surface area contributed by atoms with Crippen LogP contribution >= 0.6 is 11.6 Å². The molecule has 0 saturated carbocycles. The van der Waals surface area contributed by atoms with Crippen molar-refractivity contribution in [1.82, 2.24) is 9.21 Å². The van der Waals surface area contributed by atoms with Crippen LogP contribution in [-0.2, 0) is 14.8 Å². The summed E-state index contributed by atoms with van der Waals surface area (Å²) in [5.41, 5.74) is 0. The highest BCUT2D eigenvalue weighted by molar-refractivity contribution is 7.89. The number of likely N-dealkylation sites (N-methyl/N-ethyl adjacent to an activating group) is 1. The molecule has 0 N–H and O–H groups in total. The number of carbonyl (C=O) groups excluding carboxylic acids is 1. The van der Waals surface area contributed by atoms with Gasteiger partial charge in [0.15, 0.2) is 0 Å². The van der Waals surface area contributed by atoms with E-state index in [-0.39, 0.29) is 23.1 Å². The van der Waals surface area contributed by atoms with Crippen LogP contribution in [0.15, 0.2) is 23.1 Å². The van der Waals surface area contributed by atoms with Crippen molar-refractivity contribution < 1.29 is 17.9 Å². The van der Waals surface area contributed by atoms with E-state index < -0.39 is 16.1 Å². The van der Waals surface area contributed by atoms with Crippen molar-refractivity contribution in [3.8, 4) is 5.75 Å². The molecule has 1 amide bonds. The molecule has 1 saturated heterocycles. The van der Waals surface area contributed by atoms with Gasteiger partial charge in [0, 0.05) is 25.2 Å². The van der Waals surface area contributed by atoms with Gasteiger partial charge >= 0.3 is 0 Å². The zero-order valence-corrected chi connectivity index (χ0v) is 13.6. The fraction of sp³-hybridized carbons (Fsp3) is 0.462. The van der Waals surface area contributed by atoms with Gasteiger partial charge in [-0.1, -0.05) is 11.6 Å². The second-order valence-corrected chi connectivity index (χ2v) is 7.14. The molecule has 0 bridgehead atoms. The molecule has 0 spiro atoms. The molecular weight excluding hydrogens is 316 g/mol. The van der Waals surface area contributed by atoms with Crippen LogP contribution in [0.1, 0.15) is 6.92 Å². The summed E-state index contributed by atoms with van der Waals surface area (Å²) in [7, 11) is -0.811. The van der Waals surface area contributed by atoms with Crippen LogP contribution in [0.3, 0.4) is 0 Å². The zero-order valence-electron chi connectivity index (χ0n) is 12.0. The summed E-state index contributed by atoms with van der Waals surface area (Å²) < 4.78 is 31.9. The molecule has 2 rings (SSSR count). The maximum Gasteiger partial charge on any atom is 0.247 e. The summed E-state index contributed by atoms with van der Waals surface area (Å²) in [5.74, 6) is -0.0243. The van der Waals surface area contributed by atoms with Crippen molar-refractivity contribution in [1.29, 1.82) is 0 Å². The summed E-state index contributed by atoms with van der Waals surface area (Å²) in [5, 5.41) is 0.294. The highest BCUT2D eigenvalue weighted by Crippen LogP contribution is 2.31. The van der Waals surface area contributed by atoms with Crippen molar-refractivity contribution in [2.75, 3.05) is 27.2 Å². The lowest BCUT2D eigenvalue weighted by Gasteiger charge is -2.36. The third-order valence-electron chi connectivity index (χ3n) is 3.53. The molecule has 1 atom stereocenters. The van der Waals surface area contributed by atoms with E-state index in [4.69, 9.17) is 16.3 Å². The monoisotopic (exact) mass is 332 g/mol. The first kappa shape index (κ1) is 16.1. The van der Waals surface area contributed by atoms with Crippen LogP contribution < -0.4 is 4.74 Å². The Labute approximate surface area is 129 Å². The molecule has 8 heteroatoms. The molecule has 1 unspecified atom stereocenters.